The molecule has 2 aromatic rings. The number of hydrogen-bond donors (Lipinski definition) is 1. The molecule has 162 valence electrons. The largest absolute Gasteiger partial charge is 0.493 e. The van der Waals surface area contributed by atoms with Crippen molar-refractivity contribution in [2.75, 3.05) is 47.5 Å². The number of nitrogens with one attached hydrogen (secondary N) is 1. The van der Waals surface area contributed by atoms with Crippen LogP contribution >= 0.6 is 0 Å². The standard InChI is InChI=1S/C24H33N3O3/c1-17-6-8-20(18(2)14-17)23-16-27(12-13-30-23)24(25-3)26-11-10-19-7-9-21(28-4)22(15-19)29-5/h6-9,14-15,23H,10-13,16H2,1-5H3,(H,25,26). The van der Waals surface area contributed by atoms with Crippen molar-refractivity contribution in [1.29, 1.82) is 0 Å². The lowest BCUT2D eigenvalue weighted by Crippen LogP contribution is -2.48. The van der Waals surface area contributed by atoms with E-state index in [-0.39, 0.29) is 6.10 Å². The summed E-state index contributed by atoms with van der Waals surface area (Å²) in [6.45, 7) is 7.37. The van der Waals surface area contributed by atoms with E-state index in [9.17, 15) is 0 Å². The molecular weight excluding hydrogens is 378 g/mol. The first-order valence-electron chi connectivity index (χ1n) is 10.4. The highest BCUT2D eigenvalue weighted by molar-refractivity contribution is 5.80. The average Bonchev–Trinajstić information content (AvgIpc) is 2.76. The number of ether oxygens (including phenoxy) is 3. The predicted octanol–water partition coefficient (Wildman–Crippen LogP) is 3.51. The van der Waals surface area contributed by atoms with Crippen molar-refractivity contribution < 1.29 is 14.2 Å². The molecule has 0 aromatic heterocycles. The van der Waals surface area contributed by atoms with Crippen LogP contribution in [-0.4, -0.2) is 58.4 Å². The number of methoxy groups -OCH3 is 2. The van der Waals surface area contributed by atoms with Gasteiger partial charge >= 0.3 is 0 Å². The Kier molecular flexibility index (Phi) is 7.57. The van der Waals surface area contributed by atoms with E-state index in [4.69, 9.17) is 14.2 Å². The third-order valence-corrected chi connectivity index (χ3v) is 5.49. The second-order valence-corrected chi connectivity index (χ2v) is 7.58. The van der Waals surface area contributed by atoms with Gasteiger partial charge in [-0.05, 0) is 49.1 Å². The van der Waals surface area contributed by atoms with Crippen molar-refractivity contribution in [2.45, 2.75) is 26.4 Å². The van der Waals surface area contributed by atoms with Gasteiger partial charge in [-0.25, -0.2) is 0 Å². The normalized spacial score (nSPS) is 17.0. The van der Waals surface area contributed by atoms with E-state index in [2.05, 4.69) is 53.3 Å². The van der Waals surface area contributed by atoms with E-state index < -0.39 is 0 Å². The Hall–Kier alpha value is -2.73. The minimum absolute atomic E-state index is 0.0590. The van der Waals surface area contributed by atoms with Crippen LogP contribution in [0, 0.1) is 13.8 Å². The van der Waals surface area contributed by atoms with Crippen LogP contribution in [0.4, 0.5) is 0 Å². The fourth-order valence-corrected chi connectivity index (χ4v) is 3.90. The molecule has 1 heterocycles. The minimum atomic E-state index is 0.0590. The second kappa shape index (κ2) is 10.3. The van der Waals surface area contributed by atoms with Crippen LogP contribution in [0.25, 0.3) is 0 Å². The van der Waals surface area contributed by atoms with E-state index in [0.29, 0.717) is 6.61 Å². The molecule has 6 heteroatoms. The van der Waals surface area contributed by atoms with Crippen molar-refractivity contribution in [3.63, 3.8) is 0 Å². The molecule has 1 saturated heterocycles. The summed E-state index contributed by atoms with van der Waals surface area (Å²) in [7, 11) is 5.14. The number of aliphatic imine (C=N–C) groups is 1. The molecule has 1 N–H and O–H groups in total. The van der Waals surface area contributed by atoms with E-state index in [0.717, 1.165) is 43.5 Å². The van der Waals surface area contributed by atoms with E-state index in [1.54, 1.807) is 14.2 Å². The van der Waals surface area contributed by atoms with Gasteiger partial charge in [0.15, 0.2) is 17.5 Å². The van der Waals surface area contributed by atoms with E-state index >= 15 is 0 Å². The third kappa shape index (κ3) is 5.25. The highest BCUT2D eigenvalue weighted by Gasteiger charge is 2.25. The summed E-state index contributed by atoms with van der Waals surface area (Å²) in [5, 5.41) is 3.50. The summed E-state index contributed by atoms with van der Waals surface area (Å²) in [5.41, 5.74) is 4.99. The number of benzene rings is 2. The van der Waals surface area contributed by atoms with Gasteiger partial charge in [0.05, 0.1) is 27.4 Å². The molecule has 6 nitrogen and oxygen atoms in total. The molecule has 0 radical (unpaired) electrons. The van der Waals surface area contributed by atoms with Gasteiger partial charge in [0.1, 0.15) is 6.10 Å². The van der Waals surface area contributed by atoms with Crippen LogP contribution in [0.1, 0.15) is 28.4 Å². The number of guanidine groups is 1. The Bertz CT molecular complexity index is 882. The van der Waals surface area contributed by atoms with E-state index in [1.165, 1.54) is 22.3 Å². The fourth-order valence-electron chi connectivity index (χ4n) is 3.90. The average molecular weight is 412 g/mol. The van der Waals surface area contributed by atoms with Crippen LogP contribution in [0.5, 0.6) is 11.5 Å². The smallest absolute Gasteiger partial charge is 0.193 e. The molecule has 0 aliphatic carbocycles. The number of morpholine rings is 1. The molecule has 1 aliphatic rings. The highest BCUT2D eigenvalue weighted by Crippen LogP contribution is 2.28. The van der Waals surface area contributed by atoms with Gasteiger partial charge in [0.2, 0.25) is 0 Å². The number of nitrogens with zero attached hydrogens (tertiary/aromatic N) is 2. The second-order valence-electron chi connectivity index (χ2n) is 7.58. The summed E-state index contributed by atoms with van der Waals surface area (Å²) in [5.74, 6) is 2.41. The predicted molar refractivity (Wildman–Crippen MR) is 121 cm³/mol. The Balaban J connectivity index is 1.59. The monoisotopic (exact) mass is 411 g/mol. The maximum atomic E-state index is 6.08. The zero-order valence-electron chi connectivity index (χ0n) is 18.7. The maximum absolute atomic E-state index is 6.08. The maximum Gasteiger partial charge on any atom is 0.193 e. The summed E-state index contributed by atoms with van der Waals surface area (Å²) in [6.07, 6.45) is 0.924. The SMILES string of the molecule is CN=C(NCCc1ccc(OC)c(OC)c1)N1CCOC(c2ccc(C)cc2C)C1. The summed E-state index contributed by atoms with van der Waals surface area (Å²) >= 11 is 0. The van der Waals surface area contributed by atoms with Gasteiger partial charge < -0.3 is 24.4 Å². The Labute approximate surface area is 179 Å². The number of aryl methyl sites for hydroxylation is 2. The van der Waals surface area contributed by atoms with Crippen LogP contribution in [0.3, 0.4) is 0 Å². The van der Waals surface area contributed by atoms with Crippen LogP contribution in [-0.2, 0) is 11.2 Å². The lowest BCUT2D eigenvalue weighted by Gasteiger charge is -2.36. The molecule has 1 fully saturated rings. The number of hydrogen-bond acceptors (Lipinski definition) is 4. The molecule has 1 unspecified atom stereocenters. The Morgan fingerprint density at radius 2 is 1.93 bits per heavy atom. The summed E-state index contributed by atoms with van der Waals surface area (Å²) in [4.78, 5) is 6.78. The molecule has 0 amide bonds. The van der Waals surface area contributed by atoms with Crippen LogP contribution in [0.2, 0.25) is 0 Å². The molecule has 0 spiro atoms. The molecule has 30 heavy (non-hydrogen) atoms. The topological polar surface area (TPSA) is 55.3 Å². The summed E-state index contributed by atoms with van der Waals surface area (Å²) in [6, 6.07) is 12.6. The first-order valence-corrected chi connectivity index (χ1v) is 10.4. The van der Waals surface area contributed by atoms with Crippen molar-refractivity contribution in [1.82, 2.24) is 10.2 Å². The molecule has 1 aliphatic heterocycles. The first kappa shape index (κ1) is 22.0. The minimum Gasteiger partial charge on any atom is -0.493 e. The van der Waals surface area contributed by atoms with Gasteiger partial charge in [0.25, 0.3) is 0 Å². The molecule has 0 bridgehead atoms. The zero-order valence-corrected chi connectivity index (χ0v) is 18.7. The van der Waals surface area contributed by atoms with Crippen molar-refractivity contribution >= 4 is 5.96 Å². The van der Waals surface area contributed by atoms with E-state index in [1.807, 2.05) is 19.2 Å². The van der Waals surface area contributed by atoms with Gasteiger partial charge in [-0.15, -0.1) is 0 Å². The molecule has 1 atom stereocenters. The van der Waals surface area contributed by atoms with Gasteiger partial charge in [-0.3, -0.25) is 4.99 Å². The molecule has 0 saturated carbocycles. The van der Waals surface area contributed by atoms with Crippen molar-refractivity contribution in [3.05, 3.63) is 58.7 Å². The van der Waals surface area contributed by atoms with Crippen molar-refractivity contribution in [3.8, 4) is 11.5 Å². The van der Waals surface area contributed by atoms with Gasteiger partial charge in [-0.1, -0.05) is 29.8 Å². The first-order chi connectivity index (χ1) is 14.5. The Morgan fingerprint density at radius 1 is 1.13 bits per heavy atom. The Morgan fingerprint density at radius 3 is 2.63 bits per heavy atom. The van der Waals surface area contributed by atoms with Crippen molar-refractivity contribution in [2.24, 2.45) is 4.99 Å². The molecule has 2 aromatic carbocycles. The fraction of sp³-hybridized carbons (Fsp3) is 0.458. The summed E-state index contributed by atoms with van der Waals surface area (Å²) < 4.78 is 16.8. The number of rotatable bonds is 6. The zero-order chi connectivity index (χ0) is 21.5. The van der Waals surface area contributed by atoms with Gasteiger partial charge in [0, 0.05) is 20.1 Å². The van der Waals surface area contributed by atoms with Gasteiger partial charge in [-0.2, -0.15) is 0 Å². The lowest BCUT2D eigenvalue weighted by atomic mass is 10.00. The third-order valence-electron chi connectivity index (χ3n) is 5.49. The van der Waals surface area contributed by atoms with Crippen LogP contribution < -0.4 is 14.8 Å². The molecule has 3 rings (SSSR count). The lowest BCUT2D eigenvalue weighted by molar-refractivity contribution is -0.00830. The quantitative estimate of drug-likeness (QED) is 0.582. The molecular formula is C24H33N3O3. The van der Waals surface area contributed by atoms with Crippen LogP contribution in [0.15, 0.2) is 41.4 Å². The highest BCUT2D eigenvalue weighted by atomic mass is 16.5.